The van der Waals surface area contributed by atoms with E-state index in [2.05, 4.69) is 25.9 Å². The molecule has 0 saturated carbocycles. The van der Waals surface area contributed by atoms with Crippen molar-refractivity contribution in [1.29, 1.82) is 0 Å². The van der Waals surface area contributed by atoms with Gasteiger partial charge < -0.3 is 5.32 Å². The van der Waals surface area contributed by atoms with Crippen LogP contribution in [0.2, 0.25) is 5.02 Å². The van der Waals surface area contributed by atoms with Crippen LogP contribution < -0.4 is 5.32 Å². The Morgan fingerprint density at radius 2 is 2.23 bits per heavy atom. The minimum Gasteiger partial charge on any atom is -0.346 e. The number of benzene rings is 1. The maximum atomic E-state index is 12.2. The first-order chi connectivity index (χ1) is 10.6. The highest BCUT2D eigenvalue weighted by atomic mass is 35.5. The highest BCUT2D eigenvalue weighted by Crippen LogP contribution is 2.19. The van der Waals surface area contributed by atoms with Gasteiger partial charge in [0, 0.05) is 13.2 Å². The Morgan fingerprint density at radius 1 is 1.36 bits per heavy atom. The summed E-state index contributed by atoms with van der Waals surface area (Å²) in [4.78, 5) is 12.2. The van der Waals surface area contributed by atoms with Gasteiger partial charge in [-0.3, -0.25) is 9.48 Å². The Balaban J connectivity index is 1.74. The minimum atomic E-state index is -0.255. The molecule has 0 bridgehead atoms. The predicted octanol–water partition coefficient (Wildman–Crippen LogP) is 0.979. The molecule has 1 aromatic carbocycles. The maximum Gasteiger partial charge on any atom is 0.253 e. The summed E-state index contributed by atoms with van der Waals surface area (Å²) in [5, 5.41) is 18.1. The molecule has 3 rings (SSSR count). The van der Waals surface area contributed by atoms with E-state index in [9.17, 15) is 4.79 Å². The molecule has 0 saturated heterocycles. The number of rotatable bonds is 4. The second kappa shape index (κ2) is 5.94. The number of amides is 1. The van der Waals surface area contributed by atoms with Crippen LogP contribution in [0.5, 0.6) is 0 Å². The van der Waals surface area contributed by atoms with Gasteiger partial charge in [-0.2, -0.15) is 5.10 Å². The molecule has 8 nitrogen and oxygen atoms in total. The molecule has 9 heteroatoms. The fraction of sp³-hybridized carbons (Fsp3) is 0.154. The molecule has 2 aromatic heterocycles. The number of hydrogen-bond acceptors (Lipinski definition) is 5. The molecule has 0 aliphatic rings. The normalized spacial score (nSPS) is 10.6. The van der Waals surface area contributed by atoms with Crippen molar-refractivity contribution in [3.05, 3.63) is 53.1 Å². The largest absolute Gasteiger partial charge is 0.346 e. The number of aromatic nitrogens is 6. The Labute approximate surface area is 130 Å². The zero-order chi connectivity index (χ0) is 15.5. The summed E-state index contributed by atoms with van der Waals surface area (Å²) in [5.74, 6) is -0.255. The summed E-state index contributed by atoms with van der Waals surface area (Å²) >= 11 is 6.17. The summed E-state index contributed by atoms with van der Waals surface area (Å²) in [6, 6.07) is 6.83. The van der Waals surface area contributed by atoms with Crippen LogP contribution in [-0.4, -0.2) is 35.9 Å². The van der Waals surface area contributed by atoms with E-state index in [4.69, 9.17) is 11.6 Å². The average molecular weight is 318 g/mol. The topological polar surface area (TPSA) is 90.5 Å². The van der Waals surface area contributed by atoms with Crippen LogP contribution in [0.1, 0.15) is 16.1 Å². The molecule has 2 heterocycles. The lowest BCUT2D eigenvalue weighted by molar-refractivity contribution is 0.0950. The number of nitrogens with zero attached hydrogens (tertiary/aromatic N) is 6. The van der Waals surface area contributed by atoms with Crippen molar-refractivity contribution < 1.29 is 4.79 Å². The predicted molar refractivity (Wildman–Crippen MR) is 78.5 cm³/mol. The first-order valence-electron chi connectivity index (χ1n) is 6.43. The van der Waals surface area contributed by atoms with Crippen molar-refractivity contribution in [2.75, 3.05) is 0 Å². The standard InChI is InChI=1S/C13H12ClN7O/c1-20-10(4-5-17-20)7-15-13(22)11-3-2-9(6-12(11)14)21-8-16-18-19-21/h2-6,8H,7H2,1H3,(H,15,22). The van der Waals surface area contributed by atoms with Crippen LogP contribution in [-0.2, 0) is 13.6 Å². The number of aryl methyl sites for hydroxylation is 1. The third-order valence-corrected chi connectivity index (χ3v) is 3.48. The van der Waals surface area contributed by atoms with Gasteiger partial charge in [-0.1, -0.05) is 11.6 Å². The van der Waals surface area contributed by atoms with Gasteiger partial charge in [0.1, 0.15) is 6.33 Å². The van der Waals surface area contributed by atoms with Gasteiger partial charge in [0.25, 0.3) is 5.91 Å². The fourth-order valence-corrected chi connectivity index (χ4v) is 2.21. The second-order valence-electron chi connectivity index (χ2n) is 4.55. The molecule has 3 aromatic rings. The molecule has 112 valence electrons. The SMILES string of the molecule is Cn1nccc1CNC(=O)c1ccc(-n2cnnn2)cc1Cl. The van der Waals surface area contributed by atoms with Crippen LogP contribution in [0.3, 0.4) is 0 Å². The molecule has 22 heavy (non-hydrogen) atoms. The van der Waals surface area contributed by atoms with E-state index in [1.165, 1.54) is 11.0 Å². The highest BCUT2D eigenvalue weighted by Gasteiger charge is 2.12. The van der Waals surface area contributed by atoms with Crippen molar-refractivity contribution in [1.82, 2.24) is 35.3 Å². The molecule has 1 N–H and O–H groups in total. The van der Waals surface area contributed by atoms with E-state index in [1.807, 2.05) is 13.1 Å². The minimum absolute atomic E-state index is 0.255. The van der Waals surface area contributed by atoms with E-state index < -0.39 is 0 Å². The van der Waals surface area contributed by atoms with E-state index in [0.29, 0.717) is 22.8 Å². The van der Waals surface area contributed by atoms with Gasteiger partial charge in [-0.15, -0.1) is 5.10 Å². The molecule has 1 amide bonds. The quantitative estimate of drug-likeness (QED) is 0.774. The van der Waals surface area contributed by atoms with E-state index in [0.717, 1.165) is 5.69 Å². The van der Waals surface area contributed by atoms with Gasteiger partial charge in [0.2, 0.25) is 0 Å². The lowest BCUT2D eigenvalue weighted by Crippen LogP contribution is -2.24. The van der Waals surface area contributed by atoms with E-state index in [1.54, 1.807) is 29.1 Å². The summed E-state index contributed by atoms with van der Waals surface area (Å²) in [6.45, 7) is 0.375. The van der Waals surface area contributed by atoms with Crippen molar-refractivity contribution in [2.45, 2.75) is 6.54 Å². The molecule has 0 atom stereocenters. The van der Waals surface area contributed by atoms with Crippen molar-refractivity contribution in [2.24, 2.45) is 7.05 Å². The fourth-order valence-electron chi connectivity index (χ4n) is 1.95. The van der Waals surface area contributed by atoms with Crippen LogP contribution in [0.15, 0.2) is 36.8 Å². The van der Waals surface area contributed by atoms with Gasteiger partial charge in [-0.05, 0) is 34.7 Å². The molecule has 0 unspecified atom stereocenters. The Morgan fingerprint density at radius 3 is 2.86 bits per heavy atom. The summed E-state index contributed by atoms with van der Waals surface area (Å²) in [6.07, 6.45) is 3.13. The van der Waals surface area contributed by atoms with Gasteiger partial charge in [0.15, 0.2) is 0 Å². The summed E-state index contributed by atoms with van der Waals surface area (Å²) < 4.78 is 3.16. The van der Waals surface area contributed by atoms with E-state index in [-0.39, 0.29) is 5.91 Å². The molecule has 0 spiro atoms. The number of carbonyl (C=O) groups excluding carboxylic acids is 1. The van der Waals surface area contributed by atoms with Crippen LogP contribution in [0, 0.1) is 0 Å². The zero-order valence-electron chi connectivity index (χ0n) is 11.6. The monoisotopic (exact) mass is 317 g/mol. The number of halogens is 1. The van der Waals surface area contributed by atoms with Gasteiger partial charge >= 0.3 is 0 Å². The van der Waals surface area contributed by atoms with Crippen LogP contribution in [0.4, 0.5) is 0 Å². The van der Waals surface area contributed by atoms with Crippen LogP contribution in [0.25, 0.3) is 5.69 Å². The van der Waals surface area contributed by atoms with Gasteiger partial charge in [0.05, 0.1) is 28.5 Å². The maximum absolute atomic E-state index is 12.2. The van der Waals surface area contributed by atoms with Crippen molar-refractivity contribution in [3.63, 3.8) is 0 Å². The number of hydrogen-bond donors (Lipinski definition) is 1. The molecule has 0 radical (unpaired) electrons. The van der Waals surface area contributed by atoms with Crippen molar-refractivity contribution in [3.8, 4) is 5.69 Å². The highest BCUT2D eigenvalue weighted by molar-refractivity contribution is 6.34. The lowest BCUT2D eigenvalue weighted by Gasteiger charge is -2.08. The molecular formula is C13H12ClN7O. The molecular weight excluding hydrogens is 306 g/mol. The van der Waals surface area contributed by atoms with E-state index >= 15 is 0 Å². The number of carbonyl (C=O) groups is 1. The molecule has 0 aliphatic carbocycles. The van der Waals surface area contributed by atoms with Crippen molar-refractivity contribution >= 4 is 17.5 Å². The third kappa shape index (κ3) is 2.82. The smallest absolute Gasteiger partial charge is 0.253 e. The molecule has 0 aliphatic heterocycles. The number of nitrogens with one attached hydrogen (secondary N) is 1. The summed E-state index contributed by atoms with van der Waals surface area (Å²) in [7, 11) is 1.81. The van der Waals surface area contributed by atoms with Crippen LogP contribution >= 0.6 is 11.6 Å². The summed E-state index contributed by atoms with van der Waals surface area (Å²) in [5.41, 5.74) is 1.97. The lowest BCUT2D eigenvalue weighted by atomic mass is 10.2. The average Bonchev–Trinajstić information content (AvgIpc) is 3.16. The first kappa shape index (κ1) is 14.2. The Hall–Kier alpha value is -2.74. The molecule has 0 fully saturated rings. The first-order valence-corrected chi connectivity index (χ1v) is 6.81. The Kier molecular flexibility index (Phi) is 3.84. The third-order valence-electron chi connectivity index (χ3n) is 3.16. The number of tetrazole rings is 1. The Bertz CT molecular complexity index is 797. The zero-order valence-corrected chi connectivity index (χ0v) is 12.4. The van der Waals surface area contributed by atoms with Gasteiger partial charge in [-0.25, -0.2) is 4.68 Å². The second-order valence-corrected chi connectivity index (χ2v) is 4.95.